The number of carbonyl (C=O) groups is 2. The van der Waals surface area contributed by atoms with Gasteiger partial charge in [-0.3, -0.25) is 14.3 Å². The first-order valence-corrected chi connectivity index (χ1v) is 9.17. The maximum absolute atomic E-state index is 12.5. The van der Waals surface area contributed by atoms with Crippen molar-refractivity contribution in [2.75, 3.05) is 10.6 Å². The van der Waals surface area contributed by atoms with Crippen molar-refractivity contribution in [3.63, 3.8) is 0 Å². The summed E-state index contributed by atoms with van der Waals surface area (Å²) < 4.78 is 1.67. The number of anilines is 2. The fraction of sp³-hybridized carbons (Fsp3) is 0.421. The van der Waals surface area contributed by atoms with Gasteiger partial charge in [-0.1, -0.05) is 18.5 Å². The molecule has 7 nitrogen and oxygen atoms in total. The first-order chi connectivity index (χ1) is 12.6. The van der Waals surface area contributed by atoms with Gasteiger partial charge in [0.2, 0.25) is 11.8 Å². The van der Waals surface area contributed by atoms with Gasteiger partial charge < -0.3 is 16.4 Å². The molecule has 1 heterocycles. The Bertz CT molecular complexity index is 851. The third kappa shape index (κ3) is 5.70. The topological polar surface area (TPSA) is 102 Å². The molecule has 154 valence electrons. The van der Waals surface area contributed by atoms with E-state index in [0.29, 0.717) is 16.4 Å². The summed E-state index contributed by atoms with van der Waals surface area (Å²) in [5, 5.41) is 10.2. The number of halogens is 2. The van der Waals surface area contributed by atoms with Crippen LogP contribution in [-0.4, -0.2) is 27.6 Å². The zero-order valence-electron chi connectivity index (χ0n) is 16.6. The molecule has 1 aromatic heterocycles. The number of nitrogens with zero attached hydrogens (tertiary/aromatic N) is 2. The van der Waals surface area contributed by atoms with Crippen LogP contribution in [0.25, 0.3) is 0 Å². The number of aromatic nitrogens is 2. The van der Waals surface area contributed by atoms with Gasteiger partial charge in [0.05, 0.1) is 22.3 Å². The zero-order chi connectivity index (χ0) is 20.3. The lowest BCUT2D eigenvalue weighted by Gasteiger charge is -2.17. The van der Waals surface area contributed by atoms with Crippen LogP contribution >= 0.6 is 24.0 Å². The highest BCUT2D eigenvalue weighted by Crippen LogP contribution is 2.27. The Labute approximate surface area is 176 Å². The minimum Gasteiger partial charge on any atom is -0.327 e. The van der Waals surface area contributed by atoms with Crippen LogP contribution in [0.4, 0.5) is 11.4 Å². The fourth-order valence-corrected chi connectivity index (χ4v) is 2.80. The number of hydrogen-bond donors (Lipinski definition) is 3. The molecule has 2 rings (SSSR count). The number of aryl methyl sites for hydroxylation is 2. The van der Waals surface area contributed by atoms with Gasteiger partial charge in [-0.05, 0) is 52.0 Å². The molecule has 4 N–H and O–H groups in total. The fourth-order valence-electron chi connectivity index (χ4n) is 2.58. The molecule has 0 bridgehead atoms. The van der Waals surface area contributed by atoms with E-state index in [4.69, 9.17) is 17.3 Å². The average Bonchev–Trinajstić information content (AvgIpc) is 2.93. The summed E-state index contributed by atoms with van der Waals surface area (Å²) in [5.74, 6) is -0.744. The molecular formula is C19H27Cl2N5O2. The Morgan fingerprint density at radius 2 is 1.75 bits per heavy atom. The first kappa shape index (κ1) is 23.9. The molecular weight excluding hydrogens is 401 g/mol. The van der Waals surface area contributed by atoms with Crippen LogP contribution in [0.1, 0.15) is 38.2 Å². The first-order valence-electron chi connectivity index (χ1n) is 8.79. The van der Waals surface area contributed by atoms with Crippen molar-refractivity contribution in [1.29, 1.82) is 0 Å². The predicted molar refractivity (Wildman–Crippen MR) is 115 cm³/mol. The molecule has 2 aromatic rings. The number of rotatable bonds is 6. The van der Waals surface area contributed by atoms with Crippen LogP contribution in [0.2, 0.25) is 5.02 Å². The Morgan fingerprint density at radius 3 is 2.25 bits per heavy atom. The molecule has 0 fully saturated rings. The largest absolute Gasteiger partial charge is 0.327 e. The molecule has 28 heavy (non-hydrogen) atoms. The monoisotopic (exact) mass is 427 g/mol. The zero-order valence-corrected chi connectivity index (χ0v) is 18.2. The van der Waals surface area contributed by atoms with E-state index in [0.717, 1.165) is 11.4 Å². The van der Waals surface area contributed by atoms with Gasteiger partial charge >= 0.3 is 0 Å². The van der Waals surface area contributed by atoms with E-state index in [-0.39, 0.29) is 36.2 Å². The SMILES string of the molecule is Cc1cc(C)n(C(C)C(=O)Nc2ccc(NC(=O)C(C)C(C)N)cc2Cl)n1.Cl. The van der Waals surface area contributed by atoms with Crippen LogP contribution in [-0.2, 0) is 9.59 Å². The van der Waals surface area contributed by atoms with Gasteiger partial charge in [0.15, 0.2) is 0 Å². The van der Waals surface area contributed by atoms with Crippen LogP contribution < -0.4 is 16.4 Å². The van der Waals surface area contributed by atoms with Crippen molar-refractivity contribution >= 4 is 47.2 Å². The normalized spacial score (nSPS) is 13.8. The molecule has 0 saturated carbocycles. The van der Waals surface area contributed by atoms with Crippen molar-refractivity contribution in [2.24, 2.45) is 11.7 Å². The molecule has 0 aliphatic heterocycles. The highest BCUT2D eigenvalue weighted by atomic mass is 35.5. The molecule has 3 atom stereocenters. The standard InChI is InChI=1S/C19H26ClN5O2.ClH/c1-10-8-11(2)25(24-10)14(5)19(27)23-17-7-6-15(9-16(17)20)22-18(26)12(3)13(4)21;/h6-9,12-14H,21H2,1-5H3,(H,22,26)(H,23,27);1H. The lowest BCUT2D eigenvalue weighted by Crippen LogP contribution is -2.34. The summed E-state index contributed by atoms with van der Waals surface area (Å²) in [6.45, 7) is 9.09. The maximum Gasteiger partial charge on any atom is 0.248 e. The quantitative estimate of drug-likeness (QED) is 0.653. The summed E-state index contributed by atoms with van der Waals surface area (Å²) in [7, 11) is 0. The van der Waals surface area contributed by atoms with E-state index >= 15 is 0 Å². The molecule has 1 aromatic carbocycles. The second-order valence-electron chi connectivity index (χ2n) is 6.87. The summed E-state index contributed by atoms with van der Waals surface area (Å²) >= 11 is 6.27. The lowest BCUT2D eigenvalue weighted by molar-refractivity contribution is -0.120. The highest BCUT2D eigenvalue weighted by molar-refractivity contribution is 6.34. The van der Waals surface area contributed by atoms with Crippen molar-refractivity contribution < 1.29 is 9.59 Å². The second-order valence-corrected chi connectivity index (χ2v) is 7.28. The Morgan fingerprint density at radius 1 is 1.11 bits per heavy atom. The van der Waals surface area contributed by atoms with E-state index in [2.05, 4.69) is 15.7 Å². The van der Waals surface area contributed by atoms with Crippen LogP contribution in [0, 0.1) is 19.8 Å². The predicted octanol–water partition coefficient (Wildman–Crippen LogP) is 3.70. The summed E-state index contributed by atoms with van der Waals surface area (Å²) in [5.41, 5.74) is 8.51. The van der Waals surface area contributed by atoms with Gasteiger partial charge in [0.1, 0.15) is 6.04 Å². The molecule has 9 heteroatoms. The Balaban J connectivity index is 0.00000392. The number of nitrogens with two attached hydrogens (primary N) is 1. The van der Waals surface area contributed by atoms with E-state index in [1.807, 2.05) is 19.9 Å². The lowest BCUT2D eigenvalue weighted by atomic mass is 10.0. The summed E-state index contributed by atoms with van der Waals surface area (Å²) in [6, 6.07) is 6.10. The average molecular weight is 428 g/mol. The minimum atomic E-state index is -0.485. The van der Waals surface area contributed by atoms with Crippen molar-refractivity contribution in [3.05, 3.63) is 40.7 Å². The van der Waals surface area contributed by atoms with Gasteiger partial charge in [-0.25, -0.2) is 0 Å². The molecule has 2 amide bonds. The summed E-state index contributed by atoms with van der Waals surface area (Å²) in [6.07, 6.45) is 0. The van der Waals surface area contributed by atoms with Crippen LogP contribution in [0.3, 0.4) is 0 Å². The van der Waals surface area contributed by atoms with Crippen molar-refractivity contribution in [2.45, 2.75) is 46.7 Å². The van der Waals surface area contributed by atoms with Crippen molar-refractivity contribution in [1.82, 2.24) is 9.78 Å². The third-order valence-electron chi connectivity index (χ3n) is 4.49. The van der Waals surface area contributed by atoms with E-state index in [9.17, 15) is 9.59 Å². The maximum atomic E-state index is 12.5. The van der Waals surface area contributed by atoms with Gasteiger partial charge in [0.25, 0.3) is 0 Å². The minimum absolute atomic E-state index is 0. The molecule has 0 saturated heterocycles. The molecule has 0 radical (unpaired) electrons. The third-order valence-corrected chi connectivity index (χ3v) is 4.80. The van der Waals surface area contributed by atoms with E-state index in [1.165, 1.54) is 0 Å². The number of carbonyl (C=O) groups excluding carboxylic acids is 2. The van der Waals surface area contributed by atoms with Crippen LogP contribution in [0.15, 0.2) is 24.3 Å². The van der Waals surface area contributed by atoms with E-state index < -0.39 is 6.04 Å². The number of amides is 2. The second kappa shape index (κ2) is 9.91. The smallest absolute Gasteiger partial charge is 0.248 e. The molecule has 3 unspecified atom stereocenters. The van der Waals surface area contributed by atoms with Gasteiger partial charge in [-0.2, -0.15) is 5.10 Å². The van der Waals surface area contributed by atoms with Gasteiger partial charge in [0, 0.05) is 17.4 Å². The van der Waals surface area contributed by atoms with E-state index in [1.54, 1.807) is 43.7 Å². The number of hydrogen-bond acceptors (Lipinski definition) is 4. The summed E-state index contributed by atoms with van der Waals surface area (Å²) in [4.78, 5) is 24.6. The Kier molecular flexibility index (Phi) is 8.48. The number of nitrogens with one attached hydrogen (secondary N) is 2. The van der Waals surface area contributed by atoms with Crippen LogP contribution in [0.5, 0.6) is 0 Å². The van der Waals surface area contributed by atoms with Gasteiger partial charge in [-0.15, -0.1) is 12.4 Å². The molecule has 0 aliphatic carbocycles. The van der Waals surface area contributed by atoms with Crippen molar-refractivity contribution in [3.8, 4) is 0 Å². The number of benzene rings is 1. The molecule has 0 aliphatic rings. The highest BCUT2D eigenvalue weighted by Gasteiger charge is 2.20. The Hall–Kier alpha value is -2.09. The molecule has 0 spiro atoms.